The molecule has 0 aliphatic rings. The van der Waals surface area contributed by atoms with Gasteiger partial charge in [0.2, 0.25) is 0 Å². The van der Waals surface area contributed by atoms with Gasteiger partial charge in [-0.3, -0.25) is 9.59 Å². The molecule has 0 bridgehead atoms. The van der Waals surface area contributed by atoms with Gasteiger partial charge in [-0.2, -0.15) is 0 Å². The van der Waals surface area contributed by atoms with Gasteiger partial charge in [0.1, 0.15) is 0 Å². The normalized spacial score (nSPS) is 10.8. The van der Waals surface area contributed by atoms with Crippen molar-refractivity contribution in [3.8, 4) is 0 Å². The third-order valence-electron chi connectivity index (χ3n) is 7.51. The van der Waals surface area contributed by atoms with Crippen LogP contribution in [0.5, 0.6) is 0 Å². The Balaban J connectivity index is -0.00000241. The molecule has 0 rings (SSSR count). The Kier molecular flexibility index (Phi) is 58.1. The molecule has 0 aromatic carbocycles. The van der Waals surface area contributed by atoms with Crippen LogP contribution in [-0.4, -0.2) is 166 Å². The van der Waals surface area contributed by atoms with Gasteiger partial charge in [0.05, 0.1) is 0 Å². The van der Waals surface area contributed by atoms with E-state index in [4.69, 9.17) is 4.74 Å². The monoisotopic (exact) mass is 666 g/mol. The summed E-state index contributed by atoms with van der Waals surface area (Å²) in [5, 5.41) is 0. The number of ether oxygens (including phenoxy) is 1. The number of hydrogen-bond acceptors (Lipinski definition) is 3. The summed E-state index contributed by atoms with van der Waals surface area (Å²) in [5.41, 5.74) is 0. The van der Waals surface area contributed by atoms with E-state index in [1.54, 1.807) is 0 Å². The second-order valence-electron chi connectivity index (χ2n) is 11.5. The maximum absolute atomic E-state index is 11.9. The van der Waals surface area contributed by atoms with E-state index in [2.05, 4.69) is 38.2 Å². The summed E-state index contributed by atoms with van der Waals surface area (Å²) < 4.78 is 4.99. The first kappa shape index (κ1) is 52.3. The van der Waals surface area contributed by atoms with Crippen LogP contribution in [0.1, 0.15) is 194 Å². The van der Waals surface area contributed by atoms with Crippen LogP contribution in [0.3, 0.4) is 0 Å². The molecule has 0 aliphatic heterocycles. The van der Waals surface area contributed by atoms with E-state index in [0.29, 0.717) is 12.8 Å². The molecule has 0 atom stereocenters. The molecule has 6 heteroatoms. The van der Waals surface area contributed by atoms with Gasteiger partial charge in [0.15, 0.2) is 0 Å². The van der Waals surface area contributed by atoms with E-state index in [0.717, 1.165) is 38.5 Å². The van der Waals surface area contributed by atoms with E-state index in [1.165, 1.54) is 128 Å². The number of unbranched alkanes of at least 4 members (excludes halogenated alkanes) is 22. The Morgan fingerprint density at radius 1 is 0.381 bits per heavy atom. The van der Waals surface area contributed by atoms with Crippen molar-refractivity contribution < 1.29 is 14.3 Å². The van der Waals surface area contributed by atoms with Gasteiger partial charge >= 0.3 is 166 Å². The molecule has 0 unspecified atom stereocenters. The van der Waals surface area contributed by atoms with Crippen LogP contribution in [0.15, 0.2) is 24.3 Å². The Labute approximate surface area is 390 Å². The van der Waals surface area contributed by atoms with Crippen molar-refractivity contribution in [3.05, 3.63) is 24.3 Å². The van der Waals surface area contributed by atoms with Gasteiger partial charge in [0, 0.05) is 12.8 Å². The number of hydrogen-bond donors (Lipinski definition) is 0. The van der Waals surface area contributed by atoms with Crippen LogP contribution in [0.25, 0.3) is 0 Å². The summed E-state index contributed by atoms with van der Waals surface area (Å²) in [6.45, 7) is 4.53. The zero-order valence-corrected chi connectivity index (χ0v) is 26.3. The van der Waals surface area contributed by atoms with Crippen molar-refractivity contribution in [3.63, 3.8) is 0 Å². The van der Waals surface area contributed by atoms with Gasteiger partial charge in [-0.05, 0) is 64.2 Å². The third-order valence-corrected chi connectivity index (χ3v) is 7.51. The molecule has 0 saturated carbocycles. The fraction of sp³-hybridized carbons (Fsp3) is 0.833. The third kappa shape index (κ3) is 45.7. The summed E-state index contributed by atoms with van der Waals surface area (Å²) in [6.07, 6.45) is 42.2. The van der Waals surface area contributed by atoms with Crippen LogP contribution in [-0.2, 0) is 14.3 Å². The fourth-order valence-corrected chi connectivity index (χ4v) is 4.91. The Morgan fingerprint density at radius 3 is 0.905 bits per heavy atom. The van der Waals surface area contributed by atoms with Gasteiger partial charge in [-0.15, -0.1) is 0 Å². The van der Waals surface area contributed by atoms with E-state index < -0.39 is 0 Å². The van der Waals surface area contributed by atoms with Crippen LogP contribution < -0.4 is 0 Å². The zero-order chi connectivity index (χ0) is 28.5. The molecule has 0 radical (unpaired) electrons. The first-order valence-electron chi connectivity index (χ1n) is 17.2. The molecule has 234 valence electrons. The molecule has 3 nitrogen and oxygen atoms in total. The topological polar surface area (TPSA) is 43.4 Å². The quantitative estimate of drug-likeness (QED) is 0.0252. The molecule has 0 amide bonds. The number of esters is 2. The van der Waals surface area contributed by atoms with E-state index in [9.17, 15) is 9.59 Å². The summed E-state index contributed by atoms with van der Waals surface area (Å²) in [4.78, 5) is 23.8. The van der Waals surface area contributed by atoms with Crippen LogP contribution in [0.4, 0.5) is 0 Å². The van der Waals surface area contributed by atoms with Crippen LogP contribution in [0.2, 0.25) is 0 Å². The number of carbonyl (C=O) groups is 2. The molecule has 0 N–H and O–H groups in total. The van der Waals surface area contributed by atoms with E-state index in [1.807, 2.05) is 0 Å². The first-order chi connectivity index (χ1) is 19.2. The van der Waals surface area contributed by atoms with Crippen molar-refractivity contribution in [2.75, 3.05) is 0 Å². The Hall–Kier alpha value is 3.53. The predicted octanol–water partition coefficient (Wildman–Crippen LogP) is 10.2. The second-order valence-corrected chi connectivity index (χ2v) is 11.5. The van der Waals surface area contributed by atoms with Crippen molar-refractivity contribution in [2.45, 2.75) is 194 Å². The first-order valence-corrected chi connectivity index (χ1v) is 17.2. The molecular formula is C36H69K3O3. The van der Waals surface area contributed by atoms with Gasteiger partial charge in [-0.1, -0.05) is 141 Å². The molecular weight excluding hydrogens is 598 g/mol. The summed E-state index contributed by atoms with van der Waals surface area (Å²) in [7, 11) is 0. The molecule has 0 aromatic heterocycles. The minimum absolute atomic E-state index is 0. The molecule has 0 aromatic rings. The minimum atomic E-state index is -0.342. The van der Waals surface area contributed by atoms with Crippen LogP contribution >= 0.6 is 0 Å². The molecule has 0 fully saturated rings. The van der Waals surface area contributed by atoms with Crippen molar-refractivity contribution in [2.24, 2.45) is 0 Å². The zero-order valence-electron chi connectivity index (χ0n) is 26.3. The standard InChI is InChI=1S/C36H66O3.3K.3H/c1-3-5-7-9-11-13-15-17-19-21-23-25-27-29-31-33-35(37)39-36(38)34-32-30-28-26-24-22-20-18-16-14-12-10-8-6-4-2;;;;;;/h17-20H,3-16,21-34H2,1-2H3;;;;;;/b19-17-,20-18-;;;;;;. The van der Waals surface area contributed by atoms with Crippen molar-refractivity contribution in [1.29, 1.82) is 0 Å². The SMILES string of the molecule is CCCCCCCC/C=C\CCCCCCCC(=O)OC(=O)CCCCCCC/C=C\CCCCCCCC.[KH].[KH].[KH]. The average Bonchev–Trinajstić information content (AvgIpc) is 2.93. The van der Waals surface area contributed by atoms with Crippen molar-refractivity contribution in [1.82, 2.24) is 0 Å². The molecule has 0 aliphatic carbocycles. The van der Waals surface area contributed by atoms with Crippen molar-refractivity contribution >= 4 is 166 Å². The van der Waals surface area contributed by atoms with Gasteiger partial charge in [0.25, 0.3) is 0 Å². The molecule has 0 heterocycles. The summed E-state index contributed by atoms with van der Waals surface area (Å²) >= 11 is 0. The number of allylic oxidation sites excluding steroid dienone is 4. The Bertz CT molecular complexity index is 543. The van der Waals surface area contributed by atoms with Gasteiger partial charge < -0.3 is 4.74 Å². The second kappa shape index (κ2) is 46.6. The van der Waals surface area contributed by atoms with Crippen LogP contribution in [0, 0.1) is 0 Å². The van der Waals surface area contributed by atoms with E-state index in [-0.39, 0.29) is 166 Å². The summed E-state index contributed by atoms with van der Waals surface area (Å²) in [5.74, 6) is -0.684. The predicted molar refractivity (Wildman–Crippen MR) is 191 cm³/mol. The van der Waals surface area contributed by atoms with Gasteiger partial charge in [-0.25, -0.2) is 0 Å². The Morgan fingerprint density at radius 2 is 0.619 bits per heavy atom. The fourth-order valence-electron chi connectivity index (χ4n) is 4.91. The number of rotatable bonds is 30. The summed E-state index contributed by atoms with van der Waals surface area (Å²) in [6, 6.07) is 0. The molecule has 0 saturated heterocycles. The average molecular weight is 667 g/mol. The maximum atomic E-state index is 11.9. The molecule has 0 spiro atoms. The molecule has 42 heavy (non-hydrogen) atoms. The van der Waals surface area contributed by atoms with E-state index >= 15 is 0 Å². The number of carbonyl (C=O) groups excluding carboxylic acids is 2.